The summed E-state index contributed by atoms with van der Waals surface area (Å²) < 4.78 is 6.44. The fourth-order valence-electron chi connectivity index (χ4n) is 1.61. The van der Waals surface area contributed by atoms with Crippen LogP contribution in [0.1, 0.15) is 40.5 Å². The molecule has 0 heterocycles. The summed E-state index contributed by atoms with van der Waals surface area (Å²) in [7, 11) is 0.0552. The van der Waals surface area contributed by atoms with E-state index in [4.69, 9.17) is 9.69 Å². The first-order valence-electron chi connectivity index (χ1n) is 6.96. The van der Waals surface area contributed by atoms with Crippen LogP contribution >= 0.6 is 0 Å². The Morgan fingerprint density at radius 2 is 1.95 bits per heavy atom. The first kappa shape index (κ1) is 18.2. The Labute approximate surface area is 120 Å². The minimum absolute atomic E-state index is 0.157. The number of rotatable bonds is 7. The van der Waals surface area contributed by atoms with Gasteiger partial charge in [0.1, 0.15) is 0 Å². The molecule has 0 amide bonds. The van der Waals surface area contributed by atoms with Gasteiger partial charge in [-0.25, -0.2) is 0 Å². The largest absolute Gasteiger partial charge is 0.414 e. The molecule has 0 saturated carbocycles. The highest BCUT2D eigenvalue weighted by Crippen LogP contribution is 2.38. The smallest absolute Gasteiger partial charge is 0.192 e. The molecule has 0 rings (SSSR count). The van der Waals surface area contributed by atoms with Gasteiger partial charge in [-0.15, -0.1) is 6.58 Å². The lowest BCUT2D eigenvalue weighted by atomic mass is 10.1. The summed E-state index contributed by atoms with van der Waals surface area (Å²) in [5, 5.41) is 9.14. The van der Waals surface area contributed by atoms with Crippen LogP contribution in [0.4, 0.5) is 0 Å². The molecule has 0 aromatic heterocycles. The molecule has 0 aliphatic rings. The minimum Gasteiger partial charge on any atom is -0.414 e. The normalized spacial score (nSPS) is 15.5. The third-order valence-electron chi connectivity index (χ3n) is 4.12. The van der Waals surface area contributed by atoms with E-state index >= 15 is 0 Å². The van der Waals surface area contributed by atoms with Gasteiger partial charge in [-0.3, -0.25) is 0 Å². The lowest BCUT2D eigenvalue weighted by Crippen LogP contribution is -2.45. The molecule has 4 heteroatoms. The average Bonchev–Trinajstić information content (AvgIpc) is 2.26. The second-order valence-electron chi connectivity index (χ2n) is 6.82. The summed E-state index contributed by atoms with van der Waals surface area (Å²) in [5.74, 6) is 0. The Balaban J connectivity index is 4.76. The predicted octanol–water partition coefficient (Wildman–Crippen LogP) is 4.14. The van der Waals surface area contributed by atoms with Gasteiger partial charge < -0.3 is 9.33 Å². The molecule has 0 aliphatic heterocycles. The van der Waals surface area contributed by atoms with Crippen LogP contribution in [0, 0.1) is 11.5 Å². The van der Waals surface area contributed by atoms with Gasteiger partial charge in [0.05, 0.1) is 6.10 Å². The lowest BCUT2D eigenvalue weighted by Gasteiger charge is -2.40. The number of hydrogen-bond acceptors (Lipinski definition) is 3. The van der Waals surface area contributed by atoms with Crippen molar-refractivity contribution < 1.29 is 4.43 Å². The quantitative estimate of drug-likeness (QED) is 0.305. The van der Waals surface area contributed by atoms with Crippen molar-refractivity contribution in [3.05, 3.63) is 12.7 Å². The molecule has 0 fully saturated rings. The van der Waals surface area contributed by atoms with Crippen molar-refractivity contribution in [1.29, 1.82) is 5.26 Å². The maximum atomic E-state index is 8.93. The van der Waals surface area contributed by atoms with Crippen LogP contribution in [0.2, 0.25) is 18.1 Å². The highest BCUT2D eigenvalue weighted by molar-refractivity contribution is 6.74. The van der Waals surface area contributed by atoms with Gasteiger partial charge in [0.25, 0.3) is 0 Å². The molecule has 110 valence electrons. The Hall–Kier alpha value is -0.793. The van der Waals surface area contributed by atoms with E-state index in [-0.39, 0.29) is 17.2 Å². The first-order valence-corrected chi connectivity index (χ1v) is 9.87. The maximum Gasteiger partial charge on any atom is 0.192 e. The van der Waals surface area contributed by atoms with E-state index < -0.39 is 8.32 Å². The molecule has 0 aliphatic carbocycles. The van der Waals surface area contributed by atoms with Crippen molar-refractivity contribution in [2.45, 2.75) is 70.8 Å². The molecule has 3 nitrogen and oxygen atoms in total. The highest BCUT2D eigenvalue weighted by Gasteiger charge is 2.39. The second-order valence-corrected chi connectivity index (χ2v) is 11.6. The molecule has 0 spiro atoms. The SMILES string of the molecule is C=CC[C@@H](C[C@H](C)N(C)C#N)O[Si](C)(C)C(C)(C)C. The van der Waals surface area contributed by atoms with Crippen molar-refractivity contribution in [1.82, 2.24) is 4.90 Å². The molecular weight excluding hydrogens is 252 g/mol. The molecule has 0 saturated heterocycles. The second kappa shape index (κ2) is 7.11. The van der Waals surface area contributed by atoms with E-state index in [1.807, 2.05) is 13.1 Å². The first-order chi connectivity index (χ1) is 8.55. The highest BCUT2D eigenvalue weighted by atomic mass is 28.4. The maximum absolute atomic E-state index is 8.93. The minimum atomic E-state index is -1.77. The Bertz CT molecular complexity index is 328. The summed E-state index contributed by atoms with van der Waals surface area (Å²) >= 11 is 0. The van der Waals surface area contributed by atoms with Gasteiger partial charge in [0, 0.05) is 13.1 Å². The van der Waals surface area contributed by atoms with Crippen LogP contribution in [-0.2, 0) is 4.43 Å². The third-order valence-corrected chi connectivity index (χ3v) is 8.65. The molecule has 0 aromatic rings. The summed E-state index contributed by atoms with van der Waals surface area (Å²) in [6.45, 7) is 17.2. The number of hydrogen-bond donors (Lipinski definition) is 0. The molecular formula is C15H30N2OSi. The van der Waals surface area contributed by atoms with E-state index in [0.29, 0.717) is 0 Å². The van der Waals surface area contributed by atoms with Crippen molar-refractivity contribution in [2.75, 3.05) is 7.05 Å². The summed E-state index contributed by atoms with van der Waals surface area (Å²) in [5.41, 5.74) is 0. The van der Waals surface area contributed by atoms with Gasteiger partial charge in [-0.2, -0.15) is 5.26 Å². The zero-order valence-electron chi connectivity index (χ0n) is 13.7. The Morgan fingerprint density at radius 1 is 1.42 bits per heavy atom. The standard InChI is InChI=1S/C15H30N2OSi/c1-9-10-14(11-13(2)17(6)12-16)18-19(7,8)15(3,4)5/h9,13-14H,1,10-11H2,2-8H3/t13-,14-/m0/s1. The average molecular weight is 283 g/mol. The Kier molecular flexibility index (Phi) is 6.82. The van der Waals surface area contributed by atoms with Crippen LogP contribution in [0.25, 0.3) is 0 Å². The van der Waals surface area contributed by atoms with Crippen LogP contribution < -0.4 is 0 Å². The summed E-state index contributed by atoms with van der Waals surface area (Å²) in [4.78, 5) is 1.69. The number of nitrogens with zero attached hydrogens (tertiary/aromatic N) is 2. The molecule has 0 unspecified atom stereocenters. The van der Waals surface area contributed by atoms with Gasteiger partial charge in [0.15, 0.2) is 14.5 Å². The van der Waals surface area contributed by atoms with Crippen LogP contribution in [-0.4, -0.2) is 32.4 Å². The molecule has 2 atom stereocenters. The molecule has 0 aromatic carbocycles. The van der Waals surface area contributed by atoms with Crippen molar-refractivity contribution in [2.24, 2.45) is 0 Å². The third kappa shape index (κ3) is 5.79. The van der Waals surface area contributed by atoms with Crippen LogP contribution in [0.15, 0.2) is 12.7 Å². The van der Waals surface area contributed by atoms with E-state index in [1.165, 1.54) is 0 Å². The fraction of sp³-hybridized carbons (Fsp3) is 0.800. The van der Waals surface area contributed by atoms with E-state index in [1.54, 1.807) is 4.90 Å². The van der Waals surface area contributed by atoms with Crippen molar-refractivity contribution in [3.8, 4) is 6.19 Å². The van der Waals surface area contributed by atoms with E-state index in [9.17, 15) is 0 Å². The van der Waals surface area contributed by atoms with E-state index in [0.717, 1.165) is 12.8 Å². The molecule has 19 heavy (non-hydrogen) atoms. The van der Waals surface area contributed by atoms with Gasteiger partial charge >= 0.3 is 0 Å². The number of nitriles is 1. The zero-order valence-corrected chi connectivity index (χ0v) is 14.7. The molecule has 0 N–H and O–H groups in total. The van der Waals surface area contributed by atoms with Crippen molar-refractivity contribution >= 4 is 8.32 Å². The summed E-state index contributed by atoms with van der Waals surface area (Å²) in [6.07, 6.45) is 5.95. The van der Waals surface area contributed by atoms with Crippen molar-refractivity contribution in [3.63, 3.8) is 0 Å². The lowest BCUT2D eigenvalue weighted by molar-refractivity contribution is 0.145. The zero-order chi connectivity index (χ0) is 15.3. The predicted molar refractivity (Wildman–Crippen MR) is 84.3 cm³/mol. The Morgan fingerprint density at radius 3 is 2.32 bits per heavy atom. The fourth-order valence-corrected chi connectivity index (χ4v) is 2.99. The van der Waals surface area contributed by atoms with Gasteiger partial charge in [0.2, 0.25) is 0 Å². The monoisotopic (exact) mass is 282 g/mol. The van der Waals surface area contributed by atoms with Gasteiger partial charge in [-0.1, -0.05) is 26.8 Å². The van der Waals surface area contributed by atoms with Crippen LogP contribution in [0.3, 0.4) is 0 Å². The topological polar surface area (TPSA) is 36.3 Å². The van der Waals surface area contributed by atoms with Gasteiger partial charge in [-0.05, 0) is 37.9 Å². The molecule has 0 radical (unpaired) electrons. The van der Waals surface area contributed by atoms with Crippen LogP contribution in [0.5, 0.6) is 0 Å². The molecule has 0 bridgehead atoms. The summed E-state index contributed by atoms with van der Waals surface area (Å²) in [6, 6.07) is 0.194. The van der Waals surface area contributed by atoms with E-state index in [2.05, 4.69) is 53.6 Å².